The lowest BCUT2D eigenvalue weighted by Gasteiger charge is -2.62. The molecule has 1 aliphatic heterocycles. The molecule has 4 rings (SSSR count). The molecule has 0 aromatic carbocycles. The molecule has 4 nitrogen and oxygen atoms in total. The molecule has 0 aromatic rings. The van der Waals surface area contributed by atoms with E-state index in [0.29, 0.717) is 17.9 Å². The summed E-state index contributed by atoms with van der Waals surface area (Å²) in [6, 6.07) is 0.424. The lowest BCUT2D eigenvalue weighted by atomic mass is 9.46. The quantitative estimate of drug-likeness (QED) is 0.562. The molecular weight excluding hydrogens is 374 g/mol. The smallest absolute Gasteiger partial charge is 0.311 e. The summed E-state index contributed by atoms with van der Waals surface area (Å²) in [5.41, 5.74) is 0.107. The van der Waals surface area contributed by atoms with E-state index in [9.17, 15) is 9.59 Å². The molecule has 4 aliphatic rings. The minimum absolute atomic E-state index is 0.00589. The van der Waals surface area contributed by atoms with Gasteiger partial charge >= 0.3 is 5.97 Å². The molecule has 4 heteroatoms. The number of hydrogen-bond donors (Lipinski definition) is 0. The highest BCUT2D eigenvalue weighted by Crippen LogP contribution is 2.66. The lowest BCUT2D eigenvalue weighted by molar-refractivity contribution is -0.169. The summed E-state index contributed by atoms with van der Waals surface area (Å²) >= 11 is 0. The second kappa shape index (κ2) is 7.24. The zero-order valence-electron chi connectivity index (χ0n) is 20.3. The average molecular weight is 418 g/mol. The van der Waals surface area contributed by atoms with E-state index < -0.39 is 5.41 Å². The number of rotatable bonds is 2. The Balaban J connectivity index is 1.53. The van der Waals surface area contributed by atoms with E-state index in [0.717, 1.165) is 37.0 Å². The van der Waals surface area contributed by atoms with Gasteiger partial charge in [0.1, 0.15) is 6.10 Å². The van der Waals surface area contributed by atoms with Gasteiger partial charge in [0, 0.05) is 25.4 Å². The van der Waals surface area contributed by atoms with Crippen LogP contribution in [0.5, 0.6) is 0 Å². The van der Waals surface area contributed by atoms with Crippen LogP contribution in [0.15, 0.2) is 0 Å². The summed E-state index contributed by atoms with van der Waals surface area (Å²) in [5, 5.41) is 0. The first-order chi connectivity index (χ1) is 13.9. The summed E-state index contributed by atoms with van der Waals surface area (Å²) in [5.74, 6) is 2.97. The van der Waals surface area contributed by atoms with Crippen molar-refractivity contribution >= 4 is 11.9 Å². The third-order valence-corrected chi connectivity index (χ3v) is 10.1. The molecule has 0 spiro atoms. The van der Waals surface area contributed by atoms with E-state index in [2.05, 4.69) is 25.7 Å². The normalized spacial score (nSPS) is 44.7. The molecule has 1 amide bonds. The van der Waals surface area contributed by atoms with Crippen LogP contribution in [0.3, 0.4) is 0 Å². The molecule has 30 heavy (non-hydrogen) atoms. The van der Waals surface area contributed by atoms with Crippen LogP contribution in [-0.4, -0.2) is 36.0 Å². The van der Waals surface area contributed by atoms with Crippen molar-refractivity contribution in [2.75, 3.05) is 7.05 Å². The Morgan fingerprint density at radius 2 is 1.70 bits per heavy atom. The molecule has 3 aliphatic carbocycles. The van der Waals surface area contributed by atoms with Crippen LogP contribution in [0.2, 0.25) is 0 Å². The maximum absolute atomic E-state index is 12.5. The predicted molar refractivity (Wildman–Crippen MR) is 119 cm³/mol. The maximum atomic E-state index is 12.5. The highest BCUT2D eigenvalue weighted by atomic mass is 16.5. The molecule has 170 valence electrons. The van der Waals surface area contributed by atoms with Crippen molar-refractivity contribution in [1.29, 1.82) is 0 Å². The summed E-state index contributed by atoms with van der Waals surface area (Å²) in [7, 11) is 2.04. The van der Waals surface area contributed by atoms with Gasteiger partial charge in [-0.25, -0.2) is 0 Å². The fourth-order valence-corrected chi connectivity index (χ4v) is 8.39. The Kier molecular flexibility index (Phi) is 5.34. The van der Waals surface area contributed by atoms with Gasteiger partial charge in [-0.05, 0) is 101 Å². The van der Waals surface area contributed by atoms with Gasteiger partial charge in [0.15, 0.2) is 0 Å². The topological polar surface area (TPSA) is 46.6 Å². The Labute approximate surface area is 183 Å². The highest BCUT2D eigenvalue weighted by Gasteiger charge is 2.62. The molecule has 1 saturated heterocycles. The second-order valence-electron chi connectivity index (χ2n) is 12.6. The standard InChI is InChI=1S/C26H43NO3/c1-16(30-23(29)24(2,3)4)18-9-10-19-17-8-11-21-26(6,15-13-22(28)27(21)7)20(17)12-14-25(18,19)5/h16-21H,8-15H2,1-7H3/t16?,17-,18+,19-,20-,21+,25+,26+/m0/s1. The Morgan fingerprint density at radius 3 is 2.37 bits per heavy atom. The summed E-state index contributed by atoms with van der Waals surface area (Å²) in [6.45, 7) is 12.9. The third-order valence-electron chi connectivity index (χ3n) is 10.1. The van der Waals surface area contributed by atoms with Gasteiger partial charge in [0.05, 0.1) is 5.41 Å². The number of nitrogens with zero attached hydrogens (tertiary/aromatic N) is 1. The van der Waals surface area contributed by atoms with Crippen molar-refractivity contribution in [1.82, 2.24) is 4.90 Å². The highest BCUT2D eigenvalue weighted by molar-refractivity contribution is 5.77. The molecule has 1 unspecified atom stereocenters. The molecule has 0 aromatic heterocycles. The van der Waals surface area contributed by atoms with Crippen molar-refractivity contribution in [3.63, 3.8) is 0 Å². The van der Waals surface area contributed by atoms with Gasteiger partial charge in [0.25, 0.3) is 0 Å². The number of piperidine rings is 1. The number of hydrogen-bond acceptors (Lipinski definition) is 3. The minimum atomic E-state index is -0.442. The van der Waals surface area contributed by atoms with Crippen LogP contribution in [0.1, 0.15) is 92.9 Å². The molecule has 0 bridgehead atoms. The van der Waals surface area contributed by atoms with Crippen molar-refractivity contribution in [3.8, 4) is 0 Å². The number of ether oxygens (including phenoxy) is 1. The molecule has 8 atom stereocenters. The second-order valence-corrected chi connectivity index (χ2v) is 12.6. The van der Waals surface area contributed by atoms with Gasteiger partial charge in [-0.1, -0.05) is 13.8 Å². The largest absolute Gasteiger partial charge is 0.462 e. The van der Waals surface area contributed by atoms with E-state index in [-0.39, 0.29) is 22.9 Å². The van der Waals surface area contributed by atoms with E-state index in [1.165, 1.54) is 32.1 Å². The molecule has 1 heterocycles. The van der Waals surface area contributed by atoms with Gasteiger partial charge in [0.2, 0.25) is 5.91 Å². The summed E-state index contributed by atoms with van der Waals surface area (Å²) in [6.07, 6.45) is 9.15. The number of amides is 1. The van der Waals surface area contributed by atoms with Crippen LogP contribution < -0.4 is 0 Å². The zero-order valence-corrected chi connectivity index (χ0v) is 20.3. The maximum Gasteiger partial charge on any atom is 0.311 e. The first-order valence-corrected chi connectivity index (χ1v) is 12.4. The number of esters is 1. The minimum Gasteiger partial charge on any atom is -0.462 e. The van der Waals surface area contributed by atoms with Crippen molar-refractivity contribution in [2.24, 2.45) is 39.9 Å². The van der Waals surface area contributed by atoms with E-state index in [1.54, 1.807) is 0 Å². The average Bonchev–Trinajstić information content (AvgIpc) is 3.01. The Hall–Kier alpha value is -1.06. The number of carbonyl (C=O) groups excluding carboxylic acids is 2. The Bertz CT molecular complexity index is 712. The van der Waals surface area contributed by atoms with Crippen LogP contribution in [-0.2, 0) is 14.3 Å². The van der Waals surface area contributed by atoms with E-state index >= 15 is 0 Å². The first kappa shape index (κ1) is 22.1. The molecule has 0 N–H and O–H groups in total. The van der Waals surface area contributed by atoms with Crippen LogP contribution in [0, 0.1) is 39.9 Å². The van der Waals surface area contributed by atoms with E-state index in [1.807, 2.05) is 27.8 Å². The van der Waals surface area contributed by atoms with Crippen molar-refractivity contribution < 1.29 is 14.3 Å². The third kappa shape index (κ3) is 3.23. The molecule has 0 radical (unpaired) electrons. The van der Waals surface area contributed by atoms with Crippen molar-refractivity contribution in [3.05, 3.63) is 0 Å². The number of carbonyl (C=O) groups is 2. The van der Waals surface area contributed by atoms with Gasteiger partial charge < -0.3 is 9.64 Å². The van der Waals surface area contributed by atoms with Gasteiger partial charge in [-0.3, -0.25) is 9.59 Å². The number of fused-ring (bicyclic) bond motifs is 5. The Morgan fingerprint density at radius 1 is 1.03 bits per heavy atom. The van der Waals surface area contributed by atoms with Gasteiger partial charge in [-0.15, -0.1) is 0 Å². The molecular formula is C26H43NO3. The summed E-state index contributed by atoms with van der Waals surface area (Å²) < 4.78 is 6.00. The van der Waals surface area contributed by atoms with Crippen LogP contribution in [0.4, 0.5) is 0 Å². The number of likely N-dealkylation sites (tertiary alicyclic amines) is 1. The SMILES string of the molecule is CC(OC(=O)C(C)(C)C)[C@H]1CC[C@H]2[C@@H]3CC[C@H]4N(C)C(=O)CC[C@]4(C)[C@H]3CC[C@]12C. The van der Waals surface area contributed by atoms with Gasteiger partial charge in [-0.2, -0.15) is 0 Å². The fourth-order valence-electron chi connectivity index (χ4n) is 8.39. The molecule has 3 saturated carbocycles. The summed E-state index contributed by atoms with van der Waals surface area (Å²) in [4.78, 5) is 27.0. The monoisotopic (exact) mass is 417 g/mol. The van der Waals surface area contributed by atoms with Crippen LogP contribution >= 0.6 is 0 Å². The van der Waals surface area contributed by atoms with Crippen LogP contribution in [0.25, 0.3) is 0 Å². The first-order valence-electron chi connectivity index (χ1n) is 12.4. The zero-order chi connectivity index (χ0) is 22.1. The van der Waals surface area contributed by atoms with E-state index in [4.69, 9.17) is 4.74 Å². The molecule has 4 fully saturated rings. The van der Waals surface area contributed by atoms with Crippen molar-refractivity contribution in [2.45, 2.75) is 105 Å². The predicted octanol–water partition coefficient (Wildman–Crippen LogP) is 5.44. The lowest BCUT2D eigenvalue weighted by Crippen LogP contribution is -2.61. The fraction of sp³-hybridized carbons (Fsp3) is 0.923.